The number of hydrogen-bond donors (Lipinski definition) is 2. The summed E-state index contributed by atoms with van der Waals surface area (Å²) < 4.78 is 11.6. The van der Waals surface area contributed by atoms with Gasteiger partial charge in [0.2, 0.25) is 0 Å². The minimum absolute atomic E-state index is 0.0963. The van der Waals surface area contributed by atoms with Crippen molar-refractivity contribution < 1.29 is 24.2 Å². The summed E-state index contributed by atoms with van der Waals surface area (Å²) in [4.78, 5) is 24.8. The monoisotopic (exact) mass is 523 g/mol. The van der Waals surface area contributed by atoms with Crippen molar-refractivity contribution >= 4 is 23.8 Å². The number of carbonyl (C=O) groups is 2. The number of nitrogens with one attached hydrogen (secondary N) is 1. The highest BCUT2D eigenvalue weighted by atomic mass is 32.2. The molecule has 0 bridgehead atoms. The van der Waals surface area contributed by atoms with Gasteiger partial charge in [0.15, 0.2) is 0 Å². The SMILES string of the molecule is O=C(NC(CSC1c2ccccc2Oc2ccccc21)C(=O)O)OCC1c2ccccc2-c2ccccc21. The Morgan fingerprint density at radius 1 is 0.789 bits per heavy atom. The van der Waals surface area contributed by atoms with E-state index < -0.39 is 18.1 Å². The number of hydrogen-bond acceptors (Lipinski definition) is 5. The number of para-hydroxylation sites is 2. The number of ether oxygens (including phenoxy) is 2. The molecule has 1 atom stereocenters. The molecule has 6 nitrogen and oxygen atoms in total. The number of carboxylic acid groups (broad SMARTS) is 1. The van der Waals surface area contributed by atoms with E-state index >= 15 is 0 Å². The summed E-state index contributed by atoms with van der Waals surface area (Å²) in [7, 11) is 0. The molecule has 1 unspecified atom stereocenters. The minimum atomic E-state index is -1.11. The van der Waals surface area contributed by atoms with Crippen LogP contribution in [0.2, 0.25) is 0 Å². The molecule has 2 aliphatic rings. The molecule has 2 N–H and O–H groups in total. The van der Waals surface area contributed by atoms with Gasteiger partial charge in [0, 0.05) is 22.8 Å². The first-order chi connectivity index (χ1) is 18.6. The number of carbonyl (C=O) groups excluding carboxylic acids is 1. The highest BCUT2D eigenvalue weighted by molar-refractivity contribution is 7.99. The topological polar surface area (TPSA) is 84.9 Å². The van der Waals surface area contributed by atoms with E-state index in [-0.39, 0.29) is 23.5 Å². The summed E-state index contributed by atoms with van der Waals surface area (Å²) in [6.07, 6.45) is -0.743. The van der Waals surface area contributed by atoms with Crippen LogP contribution in [0.3, 0.4) is 0 Å². The summed E-state index contributed by atoms with van der Waals surface area (Å²) in [6.45, 7) is 0.125. The van der Waals surface area contributed by atoms with E-state index in [2.05, 4.69) is 17.4 Å². The van der Waals surface area contributed by atoms with Gasteiger partial charge < -0.3 is 19.9 Å². The van der Waals surface area contributed by atoms with Crippen LogP contribution < -0.4 is 10.1 Å². The number of thioether (sulfide) groups is 1. The third kappa shape index (κ3) is 4.50. The second kappa shape index (κ2) is 10.3. The number of rotatable bonds is 7. The first-order valence-electron chi connectivity index (χ1n) is 12.4. The summed E-state index contributed by atoms with van der Waals surface area (Å²) in [5.74, 6) is 0.452. The Labute approximate surface area is 224 Å². The number of aliphatic carboxylic acids is 1. The van der Waals surface area contributed by atoms with Crippen molar-refractivity contribution in [2.75, 3.05) is 12.4 Å². The molecule has 4 aromatic rings. The predicted molar refractivity (Wildman–Crippen MR) is 147 cm³/mol. The third-order valence-corrected chi connectivity index (χ3v) is 8.35. The van der Waals surface area contributed by atoms with Gasteiger partial charge in [-0.2, -0.15) is 0 Å². The smallest absolute Gasteiger partial charge is 0.407 e. The normalized spacial score (nSPS) is 14.3. The maximum absolute atomic E-state index is 12.8. The second-order valence-corrected chi connectivity index (χ2v) is 10.4. The molecular formula is C31H25NO5S. The van der Waals surface area contributed by atoms with Crippen LogP contribution in [0.1, 0.15) is 33.4 Å². The van der Waals surface area contributed by atoms with Gasteiger partial charge in [-0.05, 0) is 34.4 Å². The van der Waals surface area contributed by atoms with Crippen molar-refractivity contribution in [3.8, 4) is 22.6 Å². The van der Waals surface area contributed by atoms with Crippen molar-refractivity contribution in [1.29, 1.82) is 0 Å². The lowest BCUT2D eigenvalue weighted by molar-refractivity contribution is -0.138. The molecule has 0 radical (unpaired) electrons. The molecular weight excluding hydrogens is 498 g/mol. The quantitative estimate of drug-likeness (QED) is 0.284. The summed E-state index contributed by atoms with van der Waals surface area (Å²) in [6, 6.07) is 30.5. The standard InChI is InChI=1S/C31H25NO5S/c33-30(34)26(18-38-29-23-13-5-7-15-27(23)37-28-16-8-6-14-24(28)29)32-31(35)36-17-25-21-11-3-1-9-19(21)20-10-2-4-12-22(20)25/h1-16,25-26,29H,17-18H2,(H,32,35)(H,33,34). The van der Waals surface area contributed by atoms with Crippen molar-refractivity contribution in [1.82, 2.24) is 5.32 Å². The van der Waals surface area contributed by atoms with E-state index in [0.29, 0.717) is 0 Å². The number of alkyl carbamates (subject to hydrolysis) is 1. The Hall–Kier alpha value is -4.23. The molecule has 0 saturated carbocycles. The van der Waals surface area contributed by atoms with Crippen molar-refractivity contribution in [2.24, 2.45) is 0 Å². The van der Waals surface area contributed by atoms with Gasteiger partial charge >= 0.3 is 12.1 Å². The molecule has 1 aliphatic carbocycles. The molecule has 1 heterocycles. The van der Waals surface area contributed by atoms with E-state index in [1.54, 1.807) is 0 Å². The molecule has 7 heteroatoms. The van der Waals surface area contributed by atoms with Crippen LogP contribution in [-0.4, -0.2) is 35.6 Å². The fourth-order valence-electron chi connectivity index (χ4n) is 5.20. The summed E-state index contributed by atoms with van der Waals surface area (Å²) in [5.41, 5.74) is 6.42. The lowest BCUT2D eigenvalue weighted by atomic mass is 9.98. The lowest BCUT2D eigenvalue weighted by Gasteiger charge is -2.28. The van der Waals surface area contributed by atoms with Gasteiger partial charge in [-0.25, -0.2) is 9.59 Å². The van der Waals surface area contributed by atoms with Gasteiger partial charge in [-0.15, -0.1) is 11.8 Å². The molecule has 1 aliphatic heterocycles. The van der Waals surface area contributed by atoms with Crippen molar-refractivity contribution in [2.45, 2.75) is 17.2 Å². The molecule has 6 rings (SSSR count). The fraction of sp³-hybridized carbons (Fsp3) is 0.161. The molecule has 0 aromatic heterocycles. The molecule has 190 valence electrons. The fourth-order valence-corrected chi connectivity index (χ4v) is 6.55. The van der Waals surface area contributed by atoms with E-state index in [1.165, 1.54) is 11.8 Å². The van der Waals surface area contributed by atoms with Crippen LogP contribution >= 0.6 is 11.8 Å². The zero-order valence-corrected chi connectivity index (χ0v) is 21.2. The zero-order valence-electron chi connectivity index (χ0n) is 20.4. The highest BCUT2D eigenvalue weighted by Crippen LogP contribution is 2.49. The minimum Gasteiger partial charge on any atom is -0.480 e. The highest BCUT2D eigenvalue weighted by Gasteiger charge is 2.32. The molecule has 4 aromatic carbocycles. The van der Waals surface area contributed by atoms with Crippen LogP contribution in [0.4, 0.5) is 4.79 Å². The van der Waals surface area contributed by atoms with Gasteiger partial charge in [-0.3, -0.25) is 0 Å². The molecule has 1 amide bonds. The van der Waals surface area contributed by atoms with Crippen molar-refractivity contribution in [3.05, 3.63) is 119 Å². The number of carboxylic acids is 1. The third-order valence-electron chi connectivity index (χ3n) is 6.99. The van der Waals surface area contributed by atoms with E-state index in [9.17, 15) is 14.7 Å². The van der Waals surface area contributed by atoms with Gasteiger partial charge in [-0.1, -0.05) is 84.9 Å². The van der Waals surface area contributed by atoms with Crippen LogP contribution in [0.25, 0.3) is 11.1 Å². The van der Waals surface area contributed by atoms with E-state index in [4.69, 9.17) is 9.47 Å². The molecule has 0 fully saturated rings. The molecule has 38 heavy (non-hydrogen) atoms. The number of amides is 1. The average molecular weight is 524 g/mol. The largest absolute Gasteiger partial charge is 0.480 e. The Morgan fingerprint density at radius 2 is 1.29 bits per heavy atom. The second-order valence-electron chi connectivity index (χ2n) is 9.25. The Morgan fingerprint density at radius 3 is 1.84 bits per heavy atom. The van der Waals surface area contributed by atoms with Crippen LogP contribution in [0.15, 0.2) is 97.1 Å². The van der Waals surface area contributed by atoms with Crippen molar-refractivity contribution in [3.63, 3.8) is 0 Å². The van der Waals surface area contributed by atoms with E-state index in [1.807, 2.05) is 84.9 Å². The number of fused-ring (bicyclic) bond motifs is 5. The number of benzene rings is 4. The molecule has 0 spiro atoms. The lowest BCUT2D eigenvalue weighted by Crippen LogP contribution is -2.43. The maximum atomic E-state index is 12.8. The summed E-state index contributed by atoms with van der Waals surface area (Å²) in [5, 5.41) is 12.3. The van der Waals surface area contributed by atoms with Gasteiger partial charge in [0.25, 0.3) is 0 Å². The predicted octanol–water partition coefficient (Wildman–Crippen LogP) is 6.61. The Bertz CT molecular complexity index is 1430. The van der Waals surface area contributed by atoms with Gasteiger partial charge in [0.05, 0.1) is 5.25 Å². The average Bonchev–Trinajstić information content (AvgIpc) is 3.27. The van der Waals surface area contributed by atoms with Gasteiger partial charge in [0.1, 0.15) is 24.1 Å². The zero-order chi connectivity index (χ0) is 26.1. The first-order valence-corrected chi connectivity index (χ1v) is 13.5. The van der Waals surface area contributed by atoms with Crippen LogP contribution in [0, 0.1) is 0 Å². The summed E-state index contributed by atoms with van der Waals surface area (Å²) >= 11 is 1.45. The van der Waals surface area contributed by atoms with Crippen LogP contribution in [-0.2, 0) is 9.53 Å². The Balaban J connectivity index is 1.13. The van der Waals surface area contributed by atoms with Crippen LogP contribution in [0.5, 0.6) is 11.5 Å². The molecule has 0 saturated heterocycles. The maximum Gasteiger partial charge on any atom is 0.407 e. The Kier molecular flexibility index (Phi) is 6.52. The first kappa shape index (κ1) is 24.1. The van der Waals surface area contributed by atoms with E-state index in [0.717, 1.165) is 44.9 Å².